The van der Waals surface area contributed by atoms with E-state index < -0.39 is 0 Å². The van der Waals surface area contributed by atoms with Gasteiger partial charge in [0.2, 0.25) is 0 Å². The number of thiophene rings is 1. The summed E-state index contributed by atoms with van der Waals surface area (Å²) < 4.78 is 1.12. The van der Waals surface area contributed by atoms with Crippen LogP contribution in [0.15, 0.2) is 45.7 Å². The molecule has 0 amide bonds. The lowest BCUT2D eigenvalue weighted by molar-refractivity contribution is 1.29. The van der Waals surface area contributed by atoms with Crippen molar-refractivity contribution >= 4 is 38.6 Å². The van der Waals surface area contributed by atoms with Crippen molar-refractivity contribution in [1.82, 2.24) is 9.97 Å². The number of rotatable bonds is 2. The standard InChI is InChI=1S/C12H7BrN2S2/c13-11-5-4-10(17-11)9-7-16-12(15-9)8-3-1-2-6-14-8/h1-7H. The van der Waals surface area contributed by atoms with Gasteiger partial charge in [0.1, 0.15) is 5.01 Å². The molecule has 0 aliphatic carbocycles. The van der Waals surface area contributed by atoms with Crippen molar-refractivity contribution in [3.63, 3.8) is 0 Å². The number of halogens is 1. The maximum Gasteiger partial charge on any atom is 0.142 e. The van der Waals surface area contributed by atoms with Crippen LogP contribution in [0.2, 0.25) is 0 Å². The van der Waals surface area contributed by atoms with Crippen molar-refractivity contribution in [1.29, 1.82) is 0 Å². The van der Waals surface area contributed by atoms with Gasteiger partial charge in [-0.25, -0.2) is 4.98 Å². The highest BCUT2D eigenvalue weighted by atomic mass is 79.9. The molecule has 0 aliphatic heterocycles. The minimum Gasteiger partial charge on any atom is -0.254 e. The predicted molar refractivity (Wildman–Crippen MR) is 76.4 cm³/mol. The summed E-state index contributed by atoms with van der Waals surface area (Å²) in [6.07, 6.45) is 1.79. The molecule has 0 bridgehead atoms. The molecule has 3 aromatic heterocycles. The first-order valence-electron chi connectivity index (χ1n) is 4.95. The molecule has 3 rings (SSSR count). The van der Waals surface area contributed by atoms with Crippen molar-refractivity contribution in [3.8, 4) is 21.3 Å². The molecule has 17 heavy (non-hydrogen) atoms. The molecule has 0 unspecified atom stereocenters. The third kappa shape index (κ3) is 2.31. The van der Waals surface area contributed by atoms with Crippen LogP contribution in [0.3, 0.4) is 0 Å². The molecule has 0 radical (unpaired) electrons. The van der Waals surface area contributed by atoms with Crippen molar-refractivity contribution < 1.29 is 0 Å². The summed E-state index contributed by atoms with van der Waals surface area (Å²) >= 11 is 6.78. The summed E-state index contributed by atoms with van der Waals surface area (Å²) in [5.41, 5.74) is 1.95. The molecule has 5 heteroatoms. The van der Waals surface area contributed by atoms with Crippen molar-refractivity contribution in [2.45, 2.75) is 0 Å². The van der Waals surface area contributed by atoms with Crippen molar-refractivity contribution in [2.75, 3.05) is 0 Å². The van der Waals surface area contributed by atoms with Crippen LogP contribution in [-0.2, 0) is 0 Å². The Kier molecular flexibility index (Phi) is 3.05. The quantitative estimate of drug-likeness (QED) is 0.683. The maximum atomic E-state index is 4.61. The van der Waals surface area contributed by atoms with E-state index in [2.05, 4.69) is 37.3 Å². The average Bonchev–Trinajstić information content (AvgIpc) is 2.98. The van der Waals surface area contributed by atoms with Gasteiger partial charge < -0.3 is 0 Å². The summed E-state index contributed by atoms with van der Waals surface area (Å²) in [6.45, 7) is 0. The summed E-state index contributed by atoms with van der Waals surface area (Å²) in [6, 6.07) is 9.98. The molecule has 0 N–H and O–H groups in total. The van der Waals surface area contributed by atoms with Crippen LogP contribution >= 0.6 is 38.6 Å². The highest BCUT2D eigenvalue weighted by Gasteiger charge is 2.08. The summed E-state index contributed by atoms with van der Waals surface area (Å²) in [7, 11) is 0. The molecular weight excluding hydrogens is 316 g/mol. The molecular formula is C12H7BrN2S2. The summed E-state index contributed by atoms with van der Waals surface area (Å²) in [5.74, 6) is 0. The van der Waals surface area contributed by atoms with E-state index in [1.807, 2.05) is 24.3 Å². The lowest BCUT2D eigenvalue weighted by atomic mass is 10.3. The van der Waals surface area contributed by atoms with Gasteiger partial charge in [-0.1, -0.05) is 6.07 Å². The van der Waals surface area contributed by atoms with Gasteiger partial charge in [-0.2, -0.15) is 0 Å². The third-order valence-electron chi connectivity index (χ3n) is 2.21. The SMILES string of the molecule is Brc1ccc(-c2csc(-c3ccccn3)n2)s1. The molecule has 0 fully saturated rings. The molecule has 0 saturated heterocycles. The van der Waals surface area contributed by atoms with E-state index in [1.165, 1.54) is 4.88 Å². The summed E-state index contributed by atoms with van der Waals surface area (Å²) in [5, 5.41) is 3.03. The van der Waals surface area contributed by atoms with Crippen LogP contribution in [0.1, 0.15) is 0 Å². The zero-order valence-corrected chi connectivity index (χ0v) is 11.8. The van der Waals surface area contributed by atoms with E-state index in [0.717, 1.165) is 20.2 Å². The molecule has 3 aromatic rings. The molecule has 0 saturated carbocycles. The monoisotopic (exact) mass is 322 g/mol. The molecule has 0 aliphatic rings. The van der Waals surface area contributed by atoms with E-state index in [1.54, 1.807) is 28.9 Å². The first-order chi connectivity index (χ1) is 8.33. The van der Waals surface area contributed by atoms with E-state index in [4.69, 9.17) is 0 Å². The average molecular weight is 323 g/mol. The minimum absolute atomic E-state index is 0.930. The largest absolute Gasteiger partial charge is 0.254 e. The molecule has 0 spiro atoms. The lowest BCUT2D eigenvalue weighted by Crippen LogP contribution is -1.80. The number of nitrogens with zero attached hydrogens (tertiary/aromatic N) is 2. The van der Waals surface area contributed by atoms with Crippen molar-refractivity contribution in [2.24, 2.45) is 0 Å². The van der Waals surface area contributed by atoms with Crippen LogP contribution < -0.4 is 0 Å². The van der Waals surface area contributed by atoms with Gasteiger partial charge >= 0.3 is 0 Å². The molecule has 0 atom stereocenters. The second-order valence-electron chi connectivity index (χ2n) is 3.36. The van der Waals surface area contributed by atoms with E-state index in [0.29, 0.717) is 0 Å². The fourth-order valence-electron chi connectivity index (χ4n) is 1.45. The first kappa shape index (κ1) is 11.1. The Morgan fingerprint density at radius 1 is 1.06 bits per heavy atom. The van der Waals surface area contributed by atoms with Gasteiger partial charge in [0.15, 0.2) is 0 Å². The van der Waals surface area contributed by atoms with E-state index >= 15 is 0 Å². The molecule has 3 heterocycles. The van der Waals surface area contributed by atoms with Gasteiger partial charge in [0.05, 0.1) is 20.1 Å². The van der Waals surface area contributed by atoms with Crippen molar-refractivity contribution in [3.05, 3.63) is 45.7 Å². The van der Waals surface area contributed by atoms with Gasteiger partial charge in [-0.3, -0.25) is 4.98 Å². The van der Waals surface area contributed by atoms with Crippen LogP contribution in [0.5, 0.6) is 0 Å². The Morgan fingerprint density at radius 2 is 2.00 bits per heavy atom. The number of hydrogen-bond acceptors (Lipinski definition) is 4. The highest BCUT2D eigenvalue weighted by molar-refractivity contribution is 9.11. The second kappa shape index (κ2) is 4.68. The Labute approximate surface area is 115 Å². The predicted octanol–water partition coefficient (Wildman–Crippen LogP) is 4.70. The number of pyridine rings is 1. The van der Waals surface area contributed by atoms with E-state index in [9.17, 15) is 0 Å². The van der Waals surface area contributed by atoms with Crippen LogP contribution in [0.4, 0.5) is 0 Å². The van der Waals surface area contributed by atoms with E-state index in [-0.39, 0.29) is 0 Å². The Hall–Kier alpha value is -1.04. The smallest absolute Gasteiger partial charge is 0.142 e. The van der Waals surface area contributed by atoms with Crippen LogP contribution in [0, 0.1) is 0 Å². The van der Waals surface area contributed by atoms with Gasteiger partial charge in [-0.15, -0.1) is 22.7 Å². The normalized spacial score (nSPS) is 10.6. The Bertz CT molecular complexity index is 631. The molecule has 0 aromatic carbocycles. The summed E-state index contributed by atoms with van der Waals surface area (Å²) in [4.78, 5) is 10.1. The Balaban J connectivity index is 1.99. The topological polar surface area (TPSA) is 25.8 Å². The van der Waals surface area contributed by atoms with Gasteiger partial charge in [0.25, 0.3) is 0 Å². The highest BCUT2D eigenvalue weighted by Crippen LogP contribution is 2.33. The maximum absolute atomic E-state index is 4.61. The second-order valence-corrected chi connectivity index (χ2v) is 6.68. The molecule has 2 nitrogen and oxygen atoms in total. The molecule has 84 valence electrons. The minimum atomic E-state index is 0.930. The fraction of sp³-hybridized carbons (Fsp3) is 0. The zero-order valence-electron chi connectivity index (χ0n) is 8.63. The zero-order chi connectivity index (χ0) is 11.7. The fourth-order valence-corrected chi connectivity index (χ4v) is 3.66. The van der Waals surface area contributed by atoms with Gasteiger partial charge in [0, 0.05) is 11.6 Å². The van der Waals surface area contributed by atoms with Gasteiger partial charge in [-0.05, 0) is 40.2 Å². The number of aromatic nitrogens is 2. The number of thiazole rings is 1. The lowest BCUT2D eigenvalue weighted by Gasteiger charge is -1.92. The van der Waals surface area contributed by atoms with Crippen LogP contribution in [0.25, 0.3) is 21.3 Å². The third-order valence-corrected chi connectivity index (χ3v) is 4.72. The van der Waals surface area contributed by atoms with Crippen LogP contribution in [-0.4, -0.2) is 9.97 Å². The Morgan fingerprint density at radius 3 is 2.71 bits per heavy atom. The first-order valence-corrected chi connectivity index (χ1v) is 7.44. The number of hydrogen-bond donors (Lipinski definition) is 0.